The fourth-order valence-corrected chi connectivity index (χ4v) is 2.41. The van der Waals surface area contributed by atoms with Crippen molar-refractivity contribution in [2.75, 3.05) is 25.5 Å². The van der Waals surface area contributed by atoms with E-state index in [2.05, 4.69) is 19.9 Å². The van der Waals surface area contributed by atoms with Crippen LogP contribution in [0.15, 0.2) is 18.2 Å². The lowest BCUT2D eigenvalue weighted by Crippen LogP contribution is -2.31. The third-order valence-electron chi connectivity index (χ3n) is 3.33. The van der Waals surface area contributed by atoms with Crippen molar-refractivity contribution >= 4 is 11.6 Å². The summed E-state index contributed by atoms with van der Waals surface area (Å²) in [5.74, 6) is 0.322. The highest BCUT2D eigenvalue weighted by atomic mass is 16.2. The molecule has 0 radical (unpaired) electrons. The second-order valence-corrected chi connectivity index (χ2v) is 5.55. The van der Waals surface area contributed by atoms with Gasteiger partial charge in [0.25, 0.3) is 5.91 Å². The molecule has 1 aliphatic rings. The van der Waals surface area contributed by atoms with Crippen LogP contribution in [-0.4, -0.2) is 31.4 Å². The van der Waals surface area contributed by atoms with Crippen molar-refractivity contribution in [2.24, 2.45) is 5.92 Å². The average molecular weight is 257 g/mol. The monoisotopic (exact) mass is 257 g/mol. The van der Waals surface area contributed by atoms with Gasteiger partial charge in [0.2, 0.25) is 0 Å². The van der Waals surface area contributed by atoms with Crippen LogP contribution < -0.4 is 4.90 Å². The summed E-state index contributed by atoms with van der Waals surface area (Å²) in [6, 6.07) is 7.50. The third kappa shape index (κ3) is 2.28. The number of nitriles is 1. The van der Waals surface area contributed by atoms with E-state index < -0.39 is 6.04 Å². The Balaban J connectivity index is 2.44. The van der Waals surface area contributed by atoms with Gasteiger partial charge in [-0.05, 0) is 24.1 Å². The summed E-state index contributed by atoms with van der Waals surface area (Å²) in [4.78, 5) is 16.0. The molecule has 0 saturated carbocycles. The molecule has 1 aromatic rings. The number of amides is 1. The molecule has 4 heteroatoms. The molecule has 0 aliphatic carbocycles. The number of hydrogen-bond donors (Lipinski definition) is 0. The summed E-state index contributed by atoms with van der Waals surface area (Å²) >= 11 is 0. The SMILES string of the molecule is CC(C)CN1C(=O)c2ccc(N(C)C)cc2C1C#N. The maximum atomic E-state index is 12.3. The number of anilines is 1. The first kappa shape index (κ1) is 13.4. The van der Waals surface area contributed by atoms with Crippen molar-refractivity contribution in [3.05, 3.63) is 29.3 Å². The number of fused-ring (bicyclic) bond motifs is 1. The van der Waals surface area contributed by atoms with E-state index in [1.165, 1.54) is 0 Å². The molecule has 0 saturated heterocycles. The molecule has 1 aliphatic heterocycles. The van der Waals surface area contributed by atoms with Crippen LogP contribution in [0.25, 0.3) is 0 Å². The lowest BCUT2D eigenvalue weighted by Gasteiger charge is -2.22. The molecule has 1 atom stereocenters. The molecule has 0 spiro atoms. The topological polar surface area (TPSA) is 47.3 Å². The van der Waals surface area contributed by atoms with Gasteiger partial charge in [-0.15, -0.1) is 0 Å². The molecule has 19 heavy (non-hydrogen) atoms. The molecular weight excluding hydrogens is 238 g/mol. The second kappa shape index (κ2) is 4.93. The van der Waals surface area contributed by atoms with Crippen LogP contribution in [0.4, 0.5) is 5.69 Å². The Morgan fingerprint density at radius 3 is 2.63 bits per heavy atom. The Bertz CT molecular complexity index is 543. The average Bonchev–Trinajstić information content (AvgIpc) is 2.61. The number of nitrogens with zero attached hydrogens (tertiary/aromatic N) is 3. The Morgan fingerprint density at radius 2 is 2.11 bits per heavy atom. The van der Waals surface area contributed by atoms with Crippen LogP contribution >= 0.6 is 0 Å². The lowest BCUT2D eigenvalue weighted by molar-refractivity contribution is 0.0737. The molecule has 1 amide bonds. The van der Waals surface area contributed by atoms with Crippen LogP contribution in [-0.2, 0) is 0 Å². The molecule has 0 fully saturated rings. The first-order valence-corrected chi connectivity index (χ1v) is 6.47. The summed E-state index contributed by atoms with van der Waals surface area (Å²) in [7, 11) is 3.90. The maximum absolute atomic E-state index is 12.3. The summed E-state index contributed by atoms with van der Waals surface area (Å²) < 4.78 is 0. The molecule has 0 aromatic heterocycles. The van der Waals surface area contributed by atoms with Gasteiger partial charge in [-0.3, -0.25) is 4.79 Å². The Labute approximate surface area is 114 Å². The van der Waals surface area contributed by atoms with Gasteiger partial charge < -0.3 is 9.80 Å². The predicted octanol–water partition coefficient (Wildman–Crippen LogP) is 2.43. The van der Waals surface area contributed by atoms with E-state index in [0.717, 1.165) is 11.3 Å². The van der Waals surface area contributed by atoms with Crippen LogP contribution in [0.1, 0.15) is 35.8 Å². The molecule has 4 nitrogen and oxygen atoms in total. The minimum atomic E-state index is -0.454. The molecule has 0 N–H and O–H groups in total. The van der Waals surface area contributed by atoms with Gasteiger partial charge in [0.1, 0.15) is 6.04 Å². The molecule has 2 rings (SSSR count). The Kier molecular flexibility index (Phi) is 3.48. The second-order valence-electron chi connectivity index (χ2n) is 5.55. The van der Waals surface area contributed by atoms with Crippen molar-refractivity contribution in [2.45, 2.75) is 19.9 Å². The predicted molar refractivity (Wildman–Crippen MR) is 75.0 cm³/mol. The molecular formula is C15H19N3O. The van der Waals surface area contributed by atoms with E-state index in [9.17, 15) is 10.1 Å². The third-order valence-corrected chi connectivity index (χ3v) is 3.33. The summed E-state index contributed by atoms with van der Waals surface area (Å²) in [5.41, 5.74) is 2.51. The number of carbonyl (C=O) groups is 1. The van der Waals surface area contributed by atoms with E-state index in [1.807, 2.05) is 37.2 Å². The zero-order chi connectivity index (χ0) is 14.2. The van der Waals surface area contributed by atoms with Crippen molar-refractivity contribution in [1.29, 1.82) is 5.26 Å². The fourth-order valence-electron chi connectivity index (χ4n) is 2.41. The van der Waals surface area contributed by atoms with Crippen molar-refractivity contribution in [3.8, 4) is 6.07 Å². The molecule has 0 bridgehead atoms. The zero-order valence-corrected chi connectivity index (χ0v) is 11.8. The molecule has 100 valence electrons. The van der Waals surface area contributed by atoms with Gasteiger partial charge in [0.05, 0.1) is 6.07 Å². The standard InChI is InChI=1S/C15H19N3O/c1-10(2)9-18-14(8-16)13-7-11(17(3)4)5-6-12(13)15(18)19/h5-7,10,14H,9H2,1-4H3. The van der Waals surface area contributed by atoms with Gasteiger partial charge >= 0.3 is 0 Å². The number of rotatable bonds is 3. The van der Waals surface area contributed by atoms with Crippen LogP contribution in [0.2, 0.25) is 0 Å². The molecule has 1 unspecified atom stereocenters. The first-order chi connectivity index (χ1) is 8.95. The minimum absolute atomic E-state index is 0.0273. The quantitative estimate of drug-likeness (QED) is 0.835. The minimum Gasteiger partial charge on any atom is -0.378 e. The van der Waals surface area contributed by atoms with E-state index >= 15 is 0 Å². The van der Waals surface area contributed by atoms with Crippen LogP contribution in [0.5, 0.6) is 0 Å². The van der Waals surface area contributed by atoms with E-state index in [-0.39, 0.29) is 5.91 Å². The number of benzene rings is 1. The Hall–Kier alpha value is -2.02. The molecule has 1 heterocycles. The maximum Gasteiger partial charge on any atom is 0.255 e. The lowest BCUT2D eigenvalue weighted by atomic mass is 10.0. The van der Waals surface area contributed by atoms with Crippen LogP contribution in [0, 0.1) is 17.2 Å². The first-order valence-electron chi connectivity index (χ1n) is 6.47. The van der Waals surface area contributed by atoms with Gasteiger partial charge in [-0.1, -0.05) is 13.8 Å². The summed E-state index contributed by atoms with van der Waals surface area (Å²) in [5, 5.41) is 9.39. The zero-order valence-electron chi connectivity index (χ0n) is 11.8. The highest BCUT2D eigenvalue weighted by molar-refractivity contribution is 6.00. The summed E-state index contributed by atoms with van der Waals surface area (Å²) in [6.45, 7) is 4.72. The fraction of sp³-hybridized carbons (Fsp3) is 0.467. The van der Waals surface area contributed by atoms with Crippen LogP contribution in [0.3, 0.4) is 0 Å². The summed E-state index contributed by atoms with van der Waals surface area (Å²) in [6.07, 6.45) is 0. The van der Waals surface area contributed by atoms with E-state index in [0.29, 0.717) is 18.0 Å². The van der Waals surface area contributed by atoms with E-state index in [1.54, 1.807) is 4.90 Å². The van der Waals surface area contributed by atoms with Gasteiger partial charge in [0, 0.05) is 37.5 Å². The normalized spacial score (nSPS) is 17.6. The highest BCUT2D eigenvalue weighted by Crippen LogP contribution is 2.35. The molecule has 1 aromatic carbocycles. The van der Waals surface area contributed by atoms with Gasteiger partial charge in [-0.25, -0.2) is 0 Å². The smallest absolute Gasteiger partial charge is 0.255 e. The largest absolute Gasteiger partial charge is 0.378 e. The number of carbonyl (C=O) groups excluding carboxylic acids is 1. The number of hydrogen-bond acceptors (Lipinski definition) is 3. The van der Waals surface area contributed by atoms with Crippen molar-refractivity contribution in [1.82, 2.24) is 4.90 Å². The van der Waals surface area contributed by atoms with E-state index in [4.69, 9.17) is 0 Å². The highest BCUT2D eigenvalue weighted by Gasteiger charge is 2.37. The Morgan fingerprint density at radius 1 is 1.42 bits per heavy atom. The van der Waals surface area contributed by atoms with Gasteiger partial charge in [-0.2, -0.15) is 5.26 Å². The van der Waals surface area contributed by atoms with Crippen molar-refractivity contribution < 1.29 is 4.79 Å². The van der Waals surface area contributed by atoms with Crippen molar-refractivity contribution in [3.63, 3.8) is 0 Å². The van der Waals surface area contributed by atoms with Gasteiger partial charge in [0.15, 0.2) is 0 Å².